The zero-order valence-corrected chi connectivity index (χ0v) is 18.1. The smallest absolute Gasteiger partial charge is 0.328 e. The van der Waals surface area contributed by atoms with Crippen LogP contribution in [-0.2, 0) is 28.4 Å². The number of benzene rings is 1. The van der Waals surface area contributed by atoms with Gasteiger partial charge in [-0.15, -0.1) is 0 Å². The van der Waals surface area contributed by atoms with Gasteiger partial charge in [0.25, 0.3) is 16.8 Å². The standard InChI is InChI=1S/C19H19N5O7S/c1-20-13-7-11(12(24(29)30)9-14(13)21(2)18(20)27)8-15-17(26)23(19(28)32-15)10-16(25)22-3-5-31-6-4-22/h7-9H,3-6,10H2,1-2H3/b15-8-. The molecule has 0 spiro atoms. The molecule has 2 aliphatic heterocycles. The van der Waals surface area contributed by atoms with Crippen molar-refractivity contribution in [2.24, 2.45) is 14.1 Å². The lowest BCUT2D eigenvalue weighted by atomic mass is 10.1. The minimum Gasteiger partial charge on any atom is -0.378 e. The van der Waals surface area contributed by atoms with Crippen LogP contribution < -0.4 is 5.69 Å². The number of thioether (sulfide) groups is 1. The van der Waals surface area contributed by atoms with Crippen molar-refractivity contribution in [1.29, 1.82) is 0 Å². The fraction of sp³-hybridized carbons (Fsp3) is 0.368. The number of nitro groups is 1. The number of nitrogens with zero attached hydrogens (tertiary/aromatic N) is 5. The number of nitro benzene ring substituents is 1. The van der Waals surface area contributed by atoms with E-state index < -0.39 is 22.6 Å². The molecule has 0 radical (unpaired) electrons. The number of amides is 3. The van der Waals surface area contributed by atoms with Gasteiger partial charge in [0.15, 0.2) is 0 Å². The highest BCUT2D eigenvalue weighted by Gasteiger charge is 2.37. The predicted octanol–water partition coefficient (Wildman–Crippen LogP) is 0.680. The summed E-state index contributed by atoms with van der Waals surface area (Å²) in [5.74, 6) is -1.07. The van der Waals surface area contributed by atoms with Crippen LogP contribution in [0, 0.1) is 10.1 Å². The van der Waals surface area contributed by atoms with Crippen molar-refractivity contribution in [3.8, 4) is 0 Å². The molecule has 13 heteroatoms. The van der Waals surface area contributed by atoms with E-state index in [0.29, 0.717) is 49.1 Å². The number of hydrogen-bond donors (Lipinski definition) is 0. The summed E-state index contributed by atoms with van der Waals surface area (Å²) in [6.07, 6.45) is 1.25. The zero-order valence-electron chi connectivity index (χ0n) is 17.3. The number of rotatable bonds is 4. The molecular weight excluding hydrogens is 442 g/mol. The van der Waals surface area contributed by atoms with Gasteiger partial charge in [0.2, 0.25) is 5.91 Å². The Morgan fingerprint density at radius 3 is 2.41 bits per heavy atom. The first-order chi connectivity index (χ1) is 15.2. The lowest BCUT2D eigenvalue weighted by molar-refractivity contribution is -0.385. The first-order valence-electron chi connectivity index (χ1n) is 9.63. The topological polar surface area (TPSA) is 137 Å². The monoisotopic (exact) mass is 461 g/mol. The fourth-order valence-corrected chi connectivity index (χ4v) is 4.48. The molecule has 0 atom stereocenters. The fourth-order valence-electron chi connectivity index (χ4n) is 3.65. The molecular formula is C19H19N5O7S. The van der Waals surface area contributed by atoms with Gasteiger partial charge in [-0.1, -0.05) is 0 Å². The number of aromatic nitrogens is 2. The Morgan fingerprint density at radius 1 is 1.16 bits per heavy atom. The summed E-state index contributed by atoms with van der Waals surface area (Å²) in [4.78, 5) is 63.1. The highest BCUT2D eigenvalue weighted by Crippen LogP contribution is 2.35. The molecule has 12 nitrogen and oxygen atoms in total. The average molecular weight is 461 g/mol. The van der Waals surface area contributed by atoms with Crippen LogP contribution in [0.15, 0.2) is 21.8 Å². The third-order valence-electron chi connectivity index (χ3n) is 5.43. The van der Waals surface area contributed by atoms with Crippen LogP contribution in [0.4, 0.5) is 10.5 Å². The number of imide groups is 1. The normalized spacial score (nSPS) is 18.2. The third-order valence-corrected chi connectivity index (χ3v) is 6.34. The summed E-state index contributed by atoms with van der Waals surface area (Å²) in [5, 5.41) is 11.0. The van der Waals surface area contributed by atoms with E-state index in [1.54, 1.807) is 0 Å². The van der Waals surface area contributed by atoms with Gasteiger partial charge in [0.05, 0.1) is 39.6 Å². The van der Waals surface area contributed by atoms with Crippen molar-refractivity contribution in [2.75, 3.05) is 32.8 Å². The lowest BCUT2D eigenvalue weighted by Gasteiger charge is -2.28. The van der Waals surface area contributed by atoms with Gasteiger partial charge >= 0.3 is 5.69 Å². The molecule has 0 saturated carbocycles. The van der Waals surface area contributed by atoms with Crippen molar-refractivity contribution in [1.82, 2.24) is 18.9 Å². The molecule has 4 rings (SSSR count). The van der Waals surface area contributed by atoms with Gasteiger partial charge in [0, 0.05) is 33.3 Å². The first-order valence-corrected chi connectivity index (χ1v) is 10.5. The van der Waals surface area contributed by atoms with Crippen molar-refractivity contribution >= 4 is 51.6 Å². The van der Waals surface area contributed by atoms with Crippen LogP contribution in [0.25, 0.3) is 17.1 Å². The van der Waals surface area contributed by atoms with Gasteiger partial charge in [-0.2, -0.15) is 0 Å². The Balaban J connectivity index is 1.67. The first kappa shape index (κ1) is 21.8. The zero-order chi connectivity index (χ0) is 23.2. The average Bonchev–Trinajstić information content (AvgIpc) is 3.15. The number of fused-ring (bicyclic) bond motifs is 1. The molecule has 2 saturated heterocycles. The number of morpholine rings is 1. The minimum absolute atomic E-state index is 0.0341. The third kappa shape index (κ3) is 3.69. The molecule has 2 fully saturated rings. The van der Waals surface area contributed by atoms with Gasteiger partial charge in [-0.25, -0.2) is 4.79 Å². The largest absolute Gasteiger partial charge is 0.378 e. The Morgan fingerprint density at radius 2 is 1.78 bits per heavy atom. The molecule has 3 amide bonds. The molecule has 0 unspecified atom stereocenters. The van der Waals surface area contributed by atoms with Gasteiger partial charge in [-0.3, -0.25) is 38.5 Å². The Bertz CT molecular complexity index is 1250. The number of carbonyl (C=O) groups excluding carboxylic acids is 3. The number of carbonyl (C=O) groups is 3. The minimum atomic E-state index is -0.696. The summed E-state index contributed by atoms with van der Waals surface area (Å²) in [6.45, 7) is 1.14. The van der Waals surface area contributed by atoms with Crippen molar-refractivity contribution in [2.45, 2.75) is 0 Å². The van der Waals surface area contributed by atoms with E-state index in [1.165, 1.54) is 46.3 Å². The molecule has 0 aliphatic carbocycles. The Hall–Kier alpha value is -3.45. The number of imidazole rings is 1. The highest BCUT2D eigenvalue weighted by atomic mass is 32.2. The predicted molar refractivity (Wildman–Crippen MR) is 115 cm³/mol. The second kappa shape index (κ2) is 8.24. The van der Waals surface area contributed by atoms with E-state index in [1.807, 2.05) is 0 Å². The molecule has 2 aliphatic rings. The number of hydrogen-bond acceptors (Lipinski definition) is 8. The summed E-state index contributed by atoms with van der Waals surface area (Å²) in [5.41, 5.74) is 0.221. The van der Waals surface area contributed by atoms with Gasteiger partial charge in [0.1, 0.15) is 6.54 Å². The quantitative estimate of drug-likeness (QED) is 0.368. The second-order valence-electron chi connectivity index (χ2n) is 7.32. The molecule has 2 aromatic rings. The SMILES string of the molecule is Cn1c(=O)n(C)c2cc([N+](=O)[O-])c(/C=C3\SC(=O)N(CC(=O)N4CCOCC4)C3=O)cc21. The van der Waals surface area contributed by atoms with Crippen LogP contribution in [0.2, 0.25) is 0 Å². The summed E-state index contributed by atoms with van der Waals surface area (Å²) in [7, 11) is 3.04. The van der Waals surface area contributed by atoms with Crippen molar-refractivity contribution in [3.63, 3.8) is 0 Å². The van der Waals surface area contributed by atoms with E-state index >= 15 is 0 Å². The Labute approximate surface area is 185 Å². The van der Waals surface area contributed by atoms with Crippen LogP contribution in [0.1, 0.15) is 5.56 Å². The molecule has 168 valence electrons. The molecule has 32 heavy (non-hydrogen) atoms. The van der Waals surface area contributed by atoms with Crippen LogP contribution in [0.3, 0.4) is 0 Å². The van der Waals surface area contributed by atoms with Crippen LogP contribution in [-0.4, -0.2) is 73.8 Å². The van der Waals surface area contributed by atoms with E-state index in [2.05, 4.69) is 0 Å². The van der Waals surface area contributed by atoms with E-state index in [4.69, 9.17) is 4.74 Å². The number of aryl methyl sites for hydroxylation is 2. The van der Waals surface area contributed by atoms with Gasteiger partial charge < -0.3 is 9.64 Å². The molecule has 1 aromatic carbocycles. The molecule has 3 heterocycles. The van der Waals surface area contributed by atoms with E-state index in [9.17, 15) is 29.3 Å². The maximum atomic E-state index is 12.8. The van der Waals surface area contributed by atoms with E-state index in [0.717, 1.165) is 4.90 Å². The highest BCUT2D eigenvalue weighted by molar-refractivity contribution is 8.18. The summed E-state index contributed by atoms with van der Waals surface area (Å²) >= 11 is 0.610. The maximum absolute atomic E-state index is 12.8. The molecule has 0 N–H and O–H groups in total. The summed E-state index contributed by atoms with van der Waals surface area (Å²) < 4.78 is 7.82. The Kier molecular flexibility index (Phi) is 5.60. The van der Waals surface area contributed by atoms with Gasteiger partial charge in [-0.05, 0) is 23.9 Å². The number of ether oxygens (including phenoxy) is 1. The molecule has 0 bridgehead atoms. The van der Waals surface area contributed by atoms with E-state index in [-0.39, 0.29) is 27.8 Å². The molecule has 1 aromatic heterocycles. The van der Waals surface area contributed by atoms with Crippen molar-refractivity contribution in [3.05, 3.63) is 43.2 Å². The van der Waals surface area contributed by atoms with Crippen LogP contribution in [0.5, 0.6) is 0 Å². The maximum Gasteiger partial charge on any atom is 0.328 e. The lowest BCUT2D eigenvalue weighted by Crippen LogP contribution is -2.46. The second-order valence-corrected chi connectivity index (χ2v) is 8.31. The van der Waals surface area contributed by atoms with Crippen molar-refractivity contribution < 1.29 is 24.0 Å². The van der Waals surface area contributed by atoms with Crippen LogP contribution >= 0.6 is 11.8 Å². The summed E-state index contributed by atoms with van der Waals surface area (Å²) in [6, 6.07) is 2.69.